The minimum absolute atomic E-state index is 0.272. The van der Waals surface area contributed by atoms with Crippen molar-refractivity contribution < 1.29 is 19.1 Å². The van der Waals surface area contributed by atoms with E-state index in [0.717, 1.165) is 12.8 Å². The molecule has 0 aromatic carbocycles. The van der Waals surface area contributed by atoms with Gasteiger partial charge < -0.3 is 14.8 Å². The smallest absolute Gasteiger partial charge is 0.202 e. The van der Waals surface area contributed by atoms with Crippen molar-refractivity contribution in [2.45, 2.75) is 18.9 Å². The lowest BCUT2D eigenvalue weighted by molar-refractivity contribution is -0.139. The highest BCUT2D eigenvalue weighted by Crippen LogP contribution is 2.29. The highest BCUT2D eigenvalue weighted by atomic mass is 16.5. The fraction of sp³-hybridized carbons (Fsp3) is 0.727. The Balaban J connectivity index is 2.06. The highest BCUT2D eigenvalue weighted by Gasteiger charge is 2.41. The van der Waals surface area contributed by atoms with Crippen LogP contribution in [0.2, 0.25) is 0 Å². The van der Waals surface area contributed by atoms with Crippen LogP contribution in [0.3, 0.4) is 0 Å². The van der Waals surface area contributed by atoms with Gasteiger partial charge in [-0.2, -0.15) is 0 Å². The summed E-state index contributed by atoms with van der Waals surface area (Å²) in [6, 6.07) is 0. The largest absolute Gasteiger partial charge is 0.375 e. The molecule has 1 saturated heterocycles. The Labute approximate surface area is 93.5 Å². The molecule has 0 spiro atoms. The molecule has 0 radical (unpaired) electrons. The third-order valence-electron chi connectivity index (χ3n) is 3.30. The van der Waals surface area contributed by atoms with Crippen LogP contribution < -0.4 is 5.32 Å². The van der Waals surface area contributed by atoms with Crippen molar-refractivity contribution in [2.24, 2.45) is 11.8 Å². The number of ketones is 2. The molecular weight excluding hydrogens is 210 g/mol. The van der Waals surface area contributed by atoms with Gasteiger partial charge in [0.2, 0.25) is 5.78 Å². The Morgan fingerprint density at radius 1 is 1.44 bits per heavy atom. The molecule has 1 saturated carbocycles. The topological polar surface area (TPSA) is 72.5 Å². The number of carbonyl (C=O) groups excluding carboxylic acids is 3. The second kappa shape index (κ2) is 4.84. The van der Waals surface area contributed by atoms with E-state index in [1.807, 2.05) is 0 Å². The van der Waals surface area contributed by atoms with Gasteiger partial charge in [0.1, 0.15) is 6.29 Å². The maximum atomic E-state index is 11.6. The molecule has 3 unspecified atom stereocenters. The van der Waals surface area contributed by atoms with Gasteiger partial charge in [-0.15, -0.1) is 0 Å². The monoisotopic (exact) mass is 225 g/mol. The first-order valence-corrected chi connectivity index (χ1v) is 5.58. The molecular formula is C11H15NO4. The molecule has 5 heteroatoms. The van der Waals surface area contributed by atoms with Gasteiger partial charge >= 0.3 is 0 Å². The second-order valence-electron chi connectivity index (χ2n) is 4.26. The van der Waals surface area contributed by atoms with Crippen LogP contribution in [0.25, 0.3) is 0 Å². The summed E-state index contributed by atoms with van der Waals surface area (Å²) in [6.07, 6.45) is 1.25. The van der Waals surface area contributed by atoms with Crippen LogP contribution in [0.4, 0.5) is 0 Å². The van der Waals surface area contributed by atoms with E-state index in [4.69, 9.17) is 4.74 Å². The van der Waals surface area contributed by atoms with Crippen molar-refractivity contribution in [1.29, 1.82) is 0 Å². The third kappa shape index (κ3) is 2.05. The van der Waals surface area contributed by atoms with Gasteiger partial charge in [-0.3, -0.25) is 9.59 Å². The zero-order valence-corrected chi connectivity index (χ0v) is 8.98. The van der Waals surface area contributed by atoms with E-state index in [1.165, 1.54) is 0 Å². The molecule has 0 aromatic heterocycles. The fourth-order valence-electron chi connectivity index (χ4n) is 2.39. The lowest BCUT2D eigenvalue weighted by atomic mass is 9.86. The quantitative estimate of drug-likeness (QED) is 0.510. The molecule has 16 heavy (non-hydrogen) atoms. The maximum Gasteiger partial charge on any atom is 0.202 e. The van der Waals surface area contributed by atoms with Crippen LogP contribution in [0, 0.1) is 11.8 Å². The molecule has 1 N–H and O–H groups in total. The minimum Gasteiger partial charge on any atom is -0.375 e. The predicted octanol–water partition coefficient (Wildman–Crippen LogP) is -0.662. The van der Waals surface area contributed by atoms with Gasteiger partial charge in [0, 0.05) is 25.4 Å². The number of hydrogen-bond acceptors (Lipinski definition) is 5. The normalized spacial score (nSPS) is 32.8. The Morgan fingerprint density at radius 3 is 2.75 bits per heavy atom. The summed E-state index contributed by atoms with van der Waals surface area (Å²) >= 11 is 0. The van der Waals surface area contributed by atoms with Gasteiger partial charge in [-0.25, -0.2) is 0 Å². The van der Waals surface area contributed by atoms with Gasteiger partial charge in [-0.1, -0.05) is 0 Å². The van der Waals surface area contributed by atoms with E-state index in [9.17, 15) is 14.4 Å². The Hall–Kier alpha value is -1.07. The summed E-state index contributed by atoms with van der Waals surface area (Å²) in [5.41, 5.74) is 0. The zero-order valence-electron chi connectivity index (χ0n) is 8.98. The van der Waals surface area contributed by atoms with Crippen LogP contribution in [0.1, 0.15) is 12.8 Å². The fourth-order valence-corrected chi connectivity index (χ4v) is 2.39. The average Bonchev–Trinajstić information content (AvgIpc) is 2.64. The van der Waals surface area contributed by atoms with Crippen LogP contribution in [0.15, 0.2) is 0 Å². The number of hydrogen-bond donors (Lipinski definition) is 1. The summed E-state index contributed by atoms with van der Waals surface area (Å²) in [6.45, 7) is 1.88. The molecule has 0 aromatic rings. The summed E-state index contributed by atoms with van der Waals surface area (Å²) in [4.78, 5) is 33.8. The molecule has 2 rings (SSSR count). The first kappa shape index (κ1) is 11.4. The van der Waals surface area contributed by atoms with Crippen LogP contribution in [-0.2, 0) is 19.1 Å². The lowest BCUT2D eigenvalue weighted by Gasteiger charge is -2.30. The molecule has 2 fully saturated rings. The Bertz CT molecular complexity index is 309. The number of nitrogens with one attached hydrogen (secondary N) is 1. The molecule has 1 heterocycles. The van der Waals surface area contributed by atoms with Crippen molar-refractivity contribution in [3.05, 3.63) is 0 Å². The van der Waals surface area contributed by atoms with Crippen LogP contribution in [0.5, 0.6) is 0 Å². The molecule has 1 aliphatic carbocycles. The zero-order chi connectivity index (χ0) is 11.5. The van der Waals surface area contributed by atoms with Crippen molar-refractivity contribution in [3.63, 3.8) is 0 Å². The standard InChI is InChI=1S/C11H15NO4/c13-6-8(10-5-12-3-4-16-10)7-1-2-9(14)11(7)15/h6-8,10,12H,1-5H2. The molecule has 1 aliphatic heterocycles. The highest BCUT2D eigenvalue weighted by molar-refractivity contribution is 6.40. The SMILES string of the molecule is O=CC(C1CNCCO1)C1CCC(=O)C1=O. The van der Waals surface area contributed by atoms with Gasteiger partial charge in [-0.05, 0) is 6.42 Å². The number of Topliss-reactive ketones (excluding diaryl/α,β-unsaturated/α-hetero) is 2. The van der Waals surface area contributed by atoms with Crippen molar-refractivity contribution in [1.82, 2.24) is 5.32 Å². The average molecular weight is 225 g/mol. The summed E-state index contributed by atoms with van der Waals surface area (Å²) in [5, 5.41) is 3.12. The number of ether oxygens (including phenoxy) is 1. The van der Waals surface area contributed by atoms with E-state index in [2.05, 4.69) is 5.32 Å². The number of rotatable bonds is 3. The first-order chi connectivity index (χ1) is 7.74. The molecule has 3 atom stereocenters. The van der Waals surface area contributed by atoms with Crippen LogP contribution >= 0.6 is 0 Å². The van der Waals surface area contributed by atoms with E-state index in [1.54, 1.807) is 0 Å². The summed E-state index contributed by atoms with van der Waals surface area (Å²) < 4.78 is 5.47. The van der Waals surface area contributed by atoms with Crippen molar-refractivity contribution in [3.8, 4) is 0 Å². The minimum atomic E-state index is -0.480. The Kier molecular flexibility index (Phi) is 3.46. The Morgan fingerprint density at radius 2 is 2.25 bits per heavy atom. The van der Waals surface area contributed by atoms with Gasteiger partial charge in [0.05, 0.1) is 18.6 Å². The summed E-state index contributed by atoms with van der Waals surface area (Å²) in [7, 11) is 0. The van der Waals surface area contributed by atoms with Gasteiger partial charge in [0.25, 0.3) is 0 Å². The number of aldehydes is 1. The maximum absolute atomic E-state index is 11.6. The summed E-state index contributed by atoms with van der Waals surface area (Å²) in [5.74, 6) is -1.69. The molecule has 0 amide bonds. The van der Waals surface area contributed by atoms with E-state index >= 15 is 0 Å². The molecule has 88 valence electrons. The number of carbonyl (C=O) groups is 3. The van der Waals surface area contributed by atoms with Crippen molar-refractivity contribution in [2.75, 3.05) is 19.7 Å². The first-order valence-electron chi connectivity index (χ1n) is 5.58. The molecule has 5 nitrogen and oxygen atoms in total. The predicted molar refractivity (Wildman–Crippen MR) is 54.9 cm³/mol. The molecule has 0 bridgehead atoms. The van der Waals surface area contributed by atoms with E-state index < -0.39 is 17.6 Å². The van der Waals surface area contributed by atoms with E-state index in [0.29, 0.717) is 19.6 Å². The lowest BCUT2D eigenvalue weighted by Crippen LogP contribution is -2.46. The second-order valence-corrected chi connectivity index (χ2v) is 4.26. The molecule has 2 aliphatic rings. The van der Waals surface area contributed by atoms with Gasteiger partial charge in [0.15, 0.2) is 5.78 Å². The van der Waals surface area contributed by atoms with E-state index in [-0.39, 0.29) is 18.3 Å². The van der Waals surface area contributed by atoms with Crippen LogP contribution in [-0.4, -0.2) is 43.7 Å². The number of morpholine rings is 1. The third-order valence-corrected chi connectivity index (χ3v) is 3.30. The van der Waals surface area contributed by atoms with Crippen molar-refractivity contribution >= 4 is 17.9 Å².